The van der Waals surface area contributed by atoms with E-state index >= 15 is 0 Å². The van der Waals surface area contributed by atoms with Crippen molar-refractivity contribution in [1.82, 2.24) is 9.36 Å². The van der Waals surface area contributed by atoms with Crippen LogP contribution in [0.2, 0.25) is 5.02 Å². The number of nitrogens with one attached hydrogen (secondary N) is 1. The summed E-state index contributed by atoms with van der Waals surface area (Å²) < 4.78 is 30.8. The lowest BCUT2D eigenvalue weighted by atomic mass is 10.7. The van der Waals surface area contributed by atoms with Crippen LogP contribution in [0.15, 0.2) is 14.1 Å². The van der Waals surface area contributed by atoms with E-state index in [2.05, 4.69) is 30.0 Å². The van der Waals surface area contributed by atoms with Gasteiger partial charge in [-0.3, -0.25) is 4.72 Å². The molecule has 0 bridgehead atoms. The van der Waals surface area contributed by atoms with E-state index in [1.165, 1.54) is 6.07 Å². The van der Waals surface area contributed by atoms with Crippen molar-refractivity contribution in [1.29, 1.82) is 0 Å². The van der Waals surface area contributed by atoms with Gasteiger partial charge < -0.3 is 0 Å². The molecule has 1 N–H and O–H groups in total. The molecule has 0 unspecified atom stereocenters. The Morgan fingerprint density at radius 3 is 2.71 bits per heavy atom. The molecule has 0 aliphatic carbocycles. The van der Waals surface area contributed by atoms with Gasteiger partial charge in [-0.1, -0.05) is 11.6 Å². The highest BCUT2D eigenvalue weighted by Gasteiger charge is 2.20. The monoisotopic (exact) mass is 373 g/mol. The maximum Gasteiger partial charge on any atom is 0.273 e. The van der Waals surface area contributed by atoms with Crippen molar-refractivity contribution in [3.05, 3.63) is 20.7 Å². The van der Waals surface area contributed by atoms with Gasteiger partial charge >= 0.3 is 0 Å². The number of thiophene rings is 1. The highest BCUT2D eigenvalue weighted by molar-refractivity contribution is 9.11. The summed E-state index contributed by atoms with van der Waals surface area (Å²) in [6, 6.07) is 1.38. The van der Waals surface area contributed by atoms with E-state index in [-0.39, 0.29) is 9.34 Å². The summed E-state index contributed by atoms with van der Waals surface area (Å²) in [6.45, 7) is 1.69. The molecule has 2 aromatic heterocycles. The SMILES string of the molecule is Cc1nsc(NS(=O)(=O)c2cc(Cl)c(Br)s2)n1. The molecule has 5 nitrogen and oxygen atoms in total. The molecule has 0 amide bonds. The number of nitrogens with zero attached hydrogens (tertiary/aromatic N) is 2. The first-order valence-electron chi connectivity index (χ1n) is 4.16. The molecule has 0 atom stereocenters. The van der Waals surface area contributed by atoms with Crippen LogP contribution >= 0.6 is 50.4 Å². The Labute approximate surface area is 119 Å². The lowest BCUT2D eigenvalue weighted by Crippen LogP contribution is -2.11. The number of anilines is 1. The molecule has 0 aliphatic rings. The molecule has 0 radical (unpaired) electrons. The van der Waals surface area contributed by atoms with Crippen LogP contribution in [0, 0.1) is 6.92 Å². The van der Waals surface area contributed by atoms with Gasteiger partial charge in [-0.05, 0) is 28.9 Å². The quantitative estimate of drug-likeness (QED) is 0.896. The van der Waals surface area contributed by atoms with Gasteiger partial charge in [-0.2, -0.15) is 4.37 Å². The largest absolute Gasteiger partial charge is 0.273 e. The average molecular weight is 375 g/mol. The molecule has 0 fully saturated rings. The lowest BCUT2D eigenvalue weighted by molar-refractivity contribution is 0.603. The van der Waals surface area contributed by atoms with E-state index in [0.29, 0.717) is 14.6 Å². The summed E-state index contributed by atoms with van der Waals surface area (Å²) >= 11 is 11.0. The number of hydrogen-bond donors (Lipinski definition) is 1. The first kappa shape index (κ1) is 13.2. The zero-order valence-corrected chi connectivity index (χ0v) is 13.1. The van der Waals surface area contributed by atoms with Gasteiger partial charge in [0.2, 0.25) is 5.13 Å². The molecule has 0 aliphatic heterocycles. The number of halogens is 2. The summed E-state index contributed by atoms with van der Waals surface area (Å²) in [5.41, 5.74) is 0. The Balaban J connectivity index is 2.31. The van der Waals surface area contributed by atoms with Gasteiger partial charge in [-0.25, -0.2) is 13.4 Å². The second-order valence-electron chi connectivity index (χ2n) is 2.94. The summed E-state index contributed by atoms with van der Waals surface area (Å²) in [6.07, 6.45) is 0. The first-order valence-corrected chi connectivity index (χ1v) is 8.41. The first-order chi connectivity index (χ1) is 7.88. The van der Waals surface area contributed by atoms with Crippen LogP contribution in [-0.4, -0.2) is 17.8 Å². The number of sulfonamides is 1. The summed E-state index contributed by atoms with van der Waals surface area (Å²) in [7, 11) is -3.64. The van der Waals surface area contributed by atoms with Crippen LogP contribution in [0.3, 0.4) is 0 Å². The van der Waals surface area contributed by atoms with Crippen molar-refractivity contribution in [3.63, 3.8) is 0 Å². The van der Waals surface area contributed by atoms with Gasteiger partial charge in [0.25, 0.3) is 10.0 Å². The van der Waals surface area contributed by atoms with Crippen molar-refractivity contribution in [2.75, 3.05) is 4.72 Å². The maximum absolute atomic E-state index is 11.9. The second-order valence-corrected chi connectivity index (χ2v) is 8.38. The van der Waals surface area contributed by atoms with E-state index in [9.17, 15) is 8.42 Å². The van der Waals surface area contributed by atoms with Gasteiger partial charge in [0.1, 0.15) is 10.0 Å². The van der Waals surface area contributed by atoms with Gasteiger partial charge in [0.15, 0.2) is 0 Å². The van der Waals surface area contributed by atoms with Crippen molar-refractivity contribution in [2.24, 2.45) is 0 Å². The number of rotatable bonds is 3. The smallest absolute Gasteiger partial charge is 0.253 e. The van der Waals surface area contributed by atoms with Crippen molar-refractivity contribution < 1.29 is 8.42 Å². The van der Waals surface area contributed by atoms with E-state index in [1.54, 1.807) is 6.92 Å². The number of aromatic nitrogens is 2. The zero-order chi connectivity index (χ0) is 12.6. The van der Waals surface area contributed by atoms with E-state index < -0.39 is 10.0 Å². The Kier molecular flexibility index (Phi) is 3.74. The Morgan fingerprint density at radius 1 is 1.53 bits per heavy atom. The van der Waals surface area contributed by atoms with Gasteiger partial charge in [-0.15, -0.1) is 11.3 Å². The molecule has 0 saturated carbocycles. The normalized spacial score (nSPS) is 11.7. The van der Waals surface area contributed by atoms with Crippen molar-refractivity contribution in [3.8, 4) is 0 Å². The van der Waals surface area contributed by atoms with Crippen LogP contribution in [0.4, 0.5) is 5.13 Å². The summed E-state index contributed by atoms with van der Waals surface area (Å²) in [5.74, 6) is 0.526. The molecule has 17 heavy (non-hydrogen) atoms. The van der Waals surface area contributed by atoms with Crippen LogP contribution < -0.4 is 4.72 Å². The van der Waals surface area contributed by atoms with Crippen molar-refractivity contribution >= 4 is 65.6 Å². The van der Waals surface area contributed by atoms with Gasteiger partial charge in [0.05, 0.1) is 8.81 Å². The van der Waals surface area contributed by atoms with Gasteiger partial charge in [0, 0.05) is 11.5 Å². The standard InChI is InChI=1S/C7H5BrClN3O2S3/c1-3-10-7(16-11-3)12-17(13,14)5-2-4(9)6(8)15-5/h2H,1H3,(H,10,11,12). The molecular weight excluding hydrogens is 370 g/mol. The van der Waals surface area contributed by atoms with Crippen LogP contribution in [0.1, 0.15) is 5.82 Å². The third-order valence-corrected chi connectivity index (χ3v) is 6.77. The number of aryl methyl sites for hydroxylation is 1. The van der Waals surface area contributed by atoms with E-state index in [1.807, 2.05) is 0 Å². The minimum Gasteiger partial charge on any atom is -0.253 e. The molecule has 2 rings (SSSR count). The van der Waals surface area contributed by atoms with Crippen LogP contribution in [0.25, 0.3) is 0 Å². The Bertz CT molecular complexity index is 632. The van der Waals surface area contributed by atoms with E-state index in [0.717, 1.165) is 22.9 Å². The molecule has 2 heterocycles. The van der Waals surface area contributed by atoms with Crippen molar-refractivity contribution in [2.45, 2.75) is 11.1 Å². The van der Waals surface area contributed by atoms with Crippen LogP contribution in [-0.2, 0) is 10.0 Å². The molecule has 10 heteroatoms. The minimum absolute atomic E-state index is 0.127. The van der Waals surface area contributed by atoms with Crippen LogP contribution in [0.5, 0.6) is 0 Å². The molecule has 0 spiro atoms. The zero-order valence-electron chi connectivity index (χ0n) is 8.27. The fourth-order valence-electron chi connectivity index (χ4n) is 0.963. The third kappa shape index (κ3) is 2.97. The maximum atomic E-state index is 11.9. The molecule has 0 aromatic carbocycles. The Hall–Kier alpha value is -0.220. The van der Waals surface area contributed by atoms with E-state index in [4.69, 9.17) is 11.6 Å². The topological polar surface area (TPSA) is 72.0 Å². The predicted octanol–water partition coefficient (Wildman–Crippen LogP) is 3.12. The predicted molar refractivity (Wildman–Crippen MR) is 72.5 cm³/mol. The third-order valence-electron chi connectivity index (χ3n) is 1.64. The second kappa shape index (κ2) is 4.81. The average Bonchev–Trinajstić information content (AvgIpc) is 2.75. The molecule has 2 aromatic rings. The fraction of sp³-hybridized carbons (Fsp3) is 0.143. The summed E-state index contributed by atoms with van der Waals surface area (Å²) in [4.78, 5) is 3.93. The highest BCUT2D eigenvalue weighted by atomic mass is 79.9. The molecular formula is C7H5BrClN3O2S3. The Morgan fingerprint density at radius 2 is 2.24 bits per heavy atom. The number of hydrogen-bond acceptors (Lipinski definition) is 6. The molecule has 0 saturated heterocycles. The molecule has 92 valence electrons. The fourth-order valence-corrected chi connectivity index (χ4v) is 5.16. The lowest BCUT2D eigenvalue weighted by Gasteiger charge is -2.00. The highest BCUT2D eigenvalue weighted by Crippen LogP contribution is 2.35. The minimum atomic E-state index is -3.64. The summed E-state index contributed by atoms with van der Waals surface area (Å²) in [5, 5.41) is 0.604.